The second kappa shape index (κ2) is 3.05. The summed E-state index contributed by atoms with van der Waals surface area (Å²) < 4.78 is 0. The summed E-state index contributed by atoms with van der Waals surface area (Å²) in [5.74, 6) is 0.854. The Morgan fingerprint density at radius 1 is 1.44 bits per heavy atom. The molecule has 52 valence electrons. The van der Waals surface area contributed by atoms with Gasteiger partial charge in [0, 0.05) is 0 Å². The molecule has 0 bridgehead atoms. The van der Waals surface area contributed by atoms with E-state index in [2.05, 4.69) is 19.9 Å². The highest BCUT2D eigenvalue weighted by molar-refractivity contribution is 5.03. The molecule has 0 aliphatic heterocycles. The second-order valence-corrected chi connectivity index (χ2v) is 3.13. The lowest BCUT2D eigenvalue weighted by Gasteiger charge is -2.06. The average molecular weight is 124 g/mol. The molecule has 0 saturated heterocycles. The average Bonchev–Trinajstić information content (AvgIpc) is 1.99. The summed E-state index contributed by atoms with van der Waals surface area (Å²) in [6, 6.07) is 0. The van der Waals surface area contributed by atoms with E-state index in [4.69, 9.17) is 0 Å². The molecule has 0 amide bonds. The fourth-order valence-electron chi connectivity index (χ4n) is 1.35. The van der Waals surface area contributed by atoms with Crippen LogP contribution in [0.25, 0.3) is 0 Å². The van der Waals surface area contributed by atoms with E-state index in [-0.39, 0.29) is 0 Å². The molecule has 0 aromatic heterocycles. The smallest absolute Gasteiger partial charge is 0.0234 e. The monoisotopic (exact) mass is 124 g/mol. The molecular formula is C9H16. The van der Waals surface area contributed by atoms with Gasteiger partial charge in [0.2, 0.25) is 0 Å². The minimum Gasteiger partial charge on any atom is -0.0853 e. The van der Waals surface area contributed by atoms with Gasteiger partial charge in [-0.25, -0.2) is 0 Å². The lowest BCUT2D eigenvalue weighted by molar-refractivity contribution is 0.583. The largest absolute Gasteiger partial charge is 0.0853 e. The van der Waals surface area contributed by atoms with Gasteiger partial charge in [-0.2, -0.15) is 0 Å². The first kappa shape index (κ1) is 6.85. The van der Waals surface area contributed by atoms with Gasteiger partial charge in [0.25, 0.3) is 0 Å². The first-order chi connectivity index (χ1) is 4.30. The van der Waals surface area contributed by atoms with E-state index < -0.39 is 0 Å². The summed E-state index contributed by atoms with van der Waals surface area (Å²) in [6.07, 6.45) is 7.95. The summed E-state index contributed by atoms with van der Waals surface area (Å²) in [7, 11) is 0. The fourth-order valence-corrected chi connectivity index (χ4v) is 1.35. The Morgan fingerprint density at radius 2 is 2.22 bits per heavy atom. The van der Waals surface area contributed by atoms with Gasteiger partial charge < -0.3 is 0 Å². The van der Waals surface area contributed by atoms with Crippen LogP contribution in [0.3, 0.4) is 0 Å². The SMILES string of the molecule is CC1=CCCCCC1C. The number of hydrogen-bond acceptors (Lipinski definition) is 0. The van der Waals surface area contributed by atoms with Crippen LogP contribution in [0, 0.1) is 5.92 Å². The van der Waals surface area contributed by atoms with E-state index in [9.17, 15) is 0 Å². The minimum atomic E-state index is 0.854. The van der Waals surface area contributed by atoms with Crippen LogP contribution in [0.15, 0.2) is 11.6 Å². The normalized spacial score (nSPS) is 29.1. The van der Waals surface area contributed by atoms with E-state index in [0.717, 1.165) is 5.92 Å². The van der Waals surface area contributed by atoms with Crippen molar-refractivity contribution in [1.29, 1.82) is 0 Å². The number of hydrogen-bond donors (Lipinski definition) is 0. The fraction of sp³-hybridized carbons (Fsp3) is 0.778. The van der Waals surface area contributed by atoms with Crippen LogP contribution in [0.1, 0.15) is 39.5 Å². The van der Waals surface area contributed by atoms with Gasteiger partial charge in [-0.1, -0.05) is 25.0 Å². The molecule has 0 nitrogen and oxygen atoms in total. The van der Waals surface area contributed by atoms with Crippen LogP contribution in [-0.2, 0) is 0 Å². The Labute approximate surface area is 58.0 Å². The third-order valence-electron chi connectivity index (χ3n) is 2.33. The number of rotatable bonds is 0. The lowest BCUT2D eigenvalue weighted by Crippen LogP contribution is -1.92. The molecule has 0 aromatic carbocycles. The van der Waals surface area contributed by atoms with Crippen molar-refractivity contribution in [3.8, 4) is 0 Å². The zero-order valence-electron chi connectivity index (χ0n) is 6.48. The third kappa shape index (κ3) is 1.85. The van der Waals surface area contributed by atoms with Crippen molar-refractivity contribution in [2.24, 2.45) is 5.92 Å². The minimum absolute atomic E-state index is 0.854. The van der Waals surface area contributed by atoms with Crippen molar-refractivity contribution >= 4 is 0 Å². The first-order valence-corrected chi connectivity index (χ1v) is 3.97. The van der Waals surface area contributed by atoms with E-state index in [1.54, 1.807) is 5.57 Å². The molecule has 1 rings (SSSR count). The summed E-state index contributed by atoms with van der Waals surface area (Å²) >= 11 is 0. The van der Waals surface area contributed by atoms with Crippen molar-refractivity contribution in [3.63, 3.8) is 0 Å². The van der Waals surface area contributed by atoms with Crippen LogP contribution in [-0.4, -0.2) is 0 Å². The summed E-state index contributed by atoms with van der Waals surface area (Å²) in [6.45, 7) is 4.59. The maximum Gasteiger partial charge on any atom is -0.0234 e. The zero-order chi connectivity index (χ0) is 6.69. The zero-order valence-corrected chi connectivity index (χ0v) is 6.48. The van der Waals surface area contributed by atoms with Crippen LogP contribution in [0.5, 0.6) is 0 Å². The maximum absolute atomic E-state index is 2.40. The van der Waals surface area contributed by atoms with Crippen molar-refractivity contribution in [2.45, 2.75) is 39.5 Å². The Balaban J connectivity index is 2.51. The first-order valence-electron chi connectivity index (χ1n) is 3.97. The quantitative estimate of drug-likeness (QED) is 0.435. The lowest BCUT2D eigenvalue weighted by atomic mass is 9.99. The van der Waals surface area contributed by atoms with Gasteiger partial charge >= 0.3 is 0 Å². The molecule has 0 saturated carbocycles. The molecule has 0 spiro atoms. The van der Waals surface area contributed by atoms with Crippen molar-refractivity contribution < 1.29 is 0 Å². The molecule has 1 aliphatic carbocycles. The Bertz CT molecular complexity index is 111. The molecule has 0 heterocycles. The molecule has 0 heteroatoms. The van der Waals surface area contributed by atoms with Crippen LogP contribution >= 0.6 is 0 Å². The summed E-state index contributed by atoms with van der Waals surface area (Å²) in [4.78, 5) is 0. The van der Waals surface area contributed by atoms with Crippen LogP contribution in [0.2, 0.25) is 0 Å². The predicted octanol–water partition coefficient (Wildman–Crippen LogP) is 3.14. The van der Waals surface area contributed by atoms with Gasteiger partial charge in [-0.3, -0.25) is 0 Å². The maximum atomic E-state index is 2.40. The van der Waals surface area contributed by atoms with E-state index in [0.29, 0.717) is 0 Å². The third-order valence-corrected chi connectivity index (χ3v) is 2.33. The molecule has 1 atom stereocenters. The molecule has 0 aromatic rings. The van der Waals surface area contributed by atoms with Gasteiger partial charge in [-0.15, -0.1) is 0 Å². The predicted molar refractivity (Wildman–Crippen MR) is 41.4 cm³/mol. The Kier molecular flexibility index (Phi) is 2.32. The molecule has 9 heavy (non-hydrogen) atoms. The van der Waals surface area contributed by atoms with Crippen LogP contribution in [0.4, 0.5) is 0 Å². The highest BCUT2D eigenvalue weighted by Crippen LogP contribution is 2.22. The van der Waals surface area contributed by atoms with E-state index >= 15 is 0 Å². The molecule has 0 N–H and O–H groups in total. The van der Waals surface area contributed by atoms with Gasteiger partial charge in [-0.05, 0) is 32.1 Å². The van der Waals surface area contributed by atoms with Gasteiger partial charge in [0.05, 0.1) is 0 Å². The van der Waals surface area contributed by atoms with Crippen LogP contribution < -0.4 is 0 Å². The summed E-state index contributed by atoms with van der Waals surface area (Å²) in [5.41, 5.74) is 1.60. The van der Waals surface area contributed by atoms with Crippen molar-refractivity contribution in [1.82, 2.24) is 0 Å². The van der Waals surface area contributed by atoms with Crippen molar-refractivity contribution in [2.75, 3.05) is 0 Å². The highest BCUT2D eigenvalue weighted by Gasteiger charge is 2.05. The topological polar surface area (TPSA) is 0 Å². The Hall–Kier alpha value is -0.260. The molecule has 0 radical (unpaired) electrons. The summed E-state index contributed by atoms with van der Waals surface area (Å²) in [5, 5.41) is 0. The molecular weight excluding hydrogens is 108 g/mol. The van der Waals surface area contributed by atoms with Gasteiger partial charge in [0.15, 0.2) is 0 Å². The standard InChI is InChI=1S/C9H16/c1-8-6-4-3-5-7-9(8)2/h6,9H,3-5,7H2,1-2H3. The molecule has 1 unspecified atom stereocenters. The van der Waals surface area contributed by atoms with Gasteiger partial charge in [0.1, 0.15) is 0 Å². The highest BCUT2D eigenvalue weighted by atomic mass is 14.1. The van der Waals surface area contributed by atoms with E-state index in [1.165, 1.54) is 25.7 Å². The van der Waals surface area contributed by atoms with E-state index in [1.807, 2.05) is 0 Å². The van der Waals surface area contributed by atoms with Crippen molar-refractivity contribution in [3.05, 3.63) is 11.6 Å². The number of allylic oxidation sites excluding steroid dienone is 2. The molecule has 1 aliphatic rings. The Morgan fingerprint density at radius 3 is 3.00 bits per heavy atom. The second-order valence-electron chi connectivity index (χ2n) is 3.13. The molecule has 0 fully saturated rings.